The molecule has 17 heavy (non-hydrogen) atoms. The molecule has 0 radical (unpaired) electrons. The molecule has 3 N–H and O–H groups in total. The van der Waals surface area contributed by atoms with E-state index in [0.717, 1.165) is 5.56 Å². The Morgan fingerprint density at radius 2 is 1.94 bits per heavy atom. The Morgan fingerprint density at radius 3 is 2.24 bits per heavy atom. The number of benzene rings is 1. The molecule has 1 aromatic rings. The Bertz CT molecular complexity index is 369. The molecule has 0 unspecified atom stereocenters. The van der Waals surface area contributed by atoms with Crippen molar-refractivity contribution in [1.82, 2.24) is 0 Å². The van der Waals surface area contributed by atoms with Gasteiger partial charge >= 0.3 is 5.97 Å². The number of carbonyl (C=O) groups is 1. The summed E-state index contributed by atoms with van der Waals surface area (Å²) < 4.78 is 0. The van der Waals surface area contributed by atoms with Gasteiger partial charge in [-0.2, -0.15) is 5.26 Å². The fourth-order valence-electron chi connectivity index (χ4n) is 0.972. The van der Waals surface area contributed by atoms with Gasteiger partial charge in [-0.25, -0.2) is 0 Å². The average molecular weight is 234 g/mol. The third kappa shape index (κ3) is 7.09. The van der Waals surface area contributed by atoms with E-state index in [1.807, 2.05) is 30.3 Å². The monoisotopic (exact) mass is 234 g/mol. The maximum absolute atomic E-state index is 10.0. The SMILES string of the molecule is CC(C)[C@H](N)C(=O)O.N#CCc1ccccc1. The van der Waals surface area contributed by atoms with E-state index in [1.165, 1.54) is 0 Å². The van der Waals surface area contributed by atoms with Crippen LogP contribution in [-0.4, -0.2) is 17.1 Å². The number of aliphatic carboxylic acids is 1. The number of rotatable bonds is 3. The topological polar surface area (TPSA) is 87.1 Å². The first-order valence-electron chi connectivity index (χ1n) is 5.38. The van der Waals surface area contributed by atoms with E-state index in [4.69, 9.17) is 16.1 Å². The van der Waals surface area contributed by atoms with Crippen LogP contribution in [0.3, 0.4) is 0 Å². The molecule has 0 aliphatic rings. The summed E-state index contributed by atoms with van der Waals surface area (Å²) in [5.41, 5.74) is 6.24. The van der Waals surface area contributed by atoms with Gasteiger partial charge in [0.1, 0.15) is 6.04 Å². The maximum Gasteiger partial charge on any atom is 0.320 e. The van der Waals surface area contributed by atoms with Crippen LogP contribution in [0.4, 0.5) is 0 Å². The van der Waals surface area contributed by atoms with E-state index >= 15 is 0 Å². The van der Waals surface area contributed by atoms with Gasteiger partial charge < -0.3 is 10.8 Å². The van der Waals surface area contributed by atoms with Gasteiger partial charge in [0.25, 0.3) is 0 Å². The molecular formula is C13H18N2O2. The van der Waals surface area contributed by atoms with E-state index in [-0.39, 0.29) is 5.92 Å². The fourth-order valence-corrected chi connectivity index (χ4v) is 0.972. The molecule has 1 aromatic carbocycles. The summed E-state index contributed by atoms with van der Waals surface area (Å²) in [5, 5.41) is 16.5. The first-order valence-corrected chi connectivity index (χ1v) is 5.38. The molecular weight excluding hydrogens is 216 g/mol. The van der Waals surface area contributed by atoms with Crippen LogP contribution in [0.15, 0.2) is 30.3 Å². The summed E-state index contributed by atoms with van der Waals surface area (Å²) >= 11 is 0. The minimum atomic E-state index is -0.931. The molecule has 0 spiro atoms. The Labute approximate surface area is 102 Å². The van der Waals surface area contributed by atoms with E-state index in [0.29, 0.717) is 6.42 Å². The Balaban J connectivity index is 0.000000304. The molecule has 92 valence electrons. The van der Waals surface area contributed by atoms with Crippen molar-refractivity contribution in [2.24, 2.45) is 11.7 Å². The van der Waals surface area contributed by atoms with Crippen LogP contribution in [0.25, 0.3) is 0 Å². The second kappa shape index (κ2) is 8.31. The van der Waals surface area contributed by atoms with Gasteiger partial charge in [0, 0.05) is 0 Å². The highest BCUT2D eigenvalue weighted by Gasteiger charge is 2.14. The van der Waals surface area contributed by atoms with Crippen molar-refractivity contribution in [1.29, 1.82) is 5.26 Å². The summed E-state index contributed by atoms with van der Waals surface area (Å²) in [5.74, 6) is -0.910. The average Bonchev–Trinajstić information content (AvgIpc) is 2.30. The van der Waals surface area contributed by atoms with E-state index in [1.54, 1.807) is 13.8 Å². The van der Waals surface area contributed by atoms with Gasteiger partial charge in [0.15, 0.2) is 0 Å². The number of carboxylic acid groups (broad SMARTS) is 1. The van der Waals surface area contributed by atoms with Crippen molar-refractivity contribution < 1.29 is 9.90 Å². The normalized spacial score (nSPS) is 11.0. The summed E-state index contributed by atoms with van der Waals surface area (Å²) in [6.45, 7) is 3.55. The largest absolute Gasteiger partial charge is 0.480 e. The van der Waals surface area contributed by atoms with Crippen LogP contribution in [0.2, 0.25) is 0 Å². The second-order valence-electron chi connectivity index (χ2n) is 3.93. The smallest absolute Gasteiger partial charge is 0.320 e. The molecule has 0 saturated carbocycles. The standard InChI is InChI=1S/C8H7N.C5H11NO2/c9-7-6-8-4-2-1-3-5-8;1-3(2)4(6)5(7)8/h1-5H,6H2;3-4H,6H2,1-2H3,(H,7,8)/t;4-/m.0/s1. The molecule has 1 atom stereocenters. The lowest BCUT2D eigenvalue weighted by Gasteiger charge is -2.07. The van der Waals surface area contributed by atoms with Crippen molar-refractivity contribution in [3.8, 4) is 6.07 Å². The number of nitriles is 1. The van der Waals surface area contributed by atoms with Crippen LogP contribution in [-0.2, 0) is 11.2 Å². The van der Waals surface area contributed by atoms with Gasteiger partial charge in [-0.05, 0) is 11.5 Å². The zero-order valence-electron chi connectivity index (χ0n) is 10.1. The number of hydrogen-bond acceptors (Lipinski definition) is 3. The fraction of sp³-hybridized carbons (Fsp3) is 0.385. The Hall–Kier alpha value is -1.86. The van der Waals surface area contributed by atoms with Crippen LogP contribution < -0.4 is 5.73 Å². The van der Waals surface area contributed by atoms with Gasteiger partial charge in [0.2, 0.25) is 0 Å². The van der Waals surface area contributed by atoms with Crippen LogP contribution in [0.1, 0.15) is 19.4 Å². The molecule has 0 saturated heterocycles. The minimum absolute atomic E-state index is 0.0208. The Morgan fingerprint density at radius 1 is 1.41 bits per heavy atom. The van der Waals surface area contributed by atoms with Crippen LogP contribution in [0, 0.1) is 17.2 Å². The molecule has 4 heteroatoms. The predicted molar refractivity (Wildman–Crippen MR) is 66.2 cm³/mol. The molecule has 0 aromatic heterocycles. The highest BCUT2D eigenvalue weighted by atomic mass is 16.4. The quantitative estimate of drug-likeness (QED) is 0.834. The molecule has 0 aliphatic heterocycles. The molecule has 0 heterocycles. The molecule has 0 aliphatic carbocycles. The van der Waals surface area contributed by atoms with E-state index in [9.17, 15) is 4.79 Å². The number of hydrogen-bond donors (Lipinski definition) is 2. The van der Waals surface area contributed by atoms with Gasteiger partial charge in [-0.15, -0.1) is 0 Å². The molecule has 0 fully saturated rings. The third-order valence-electron chi connectivity index (χ3n) is 2.13. The lowest BCUT2D eigenvalue weighted by Crippen LogP contribution is -2.34. The van der Waals surface area contributed by atoms with Crippen molar-refractivity contribution in [2.75, 3.05) is 0 Å². The molecule has 1 rings (SSSR count). The summed E-state index contributed by atoms with van der Waals surface area (Å²) in [6, 6.07) is 11.1. The van der Waals surface area contributed by atoms with Crippen molar-refractivity contribution in [3.05, 3.63) is 35.9 Å². The van der Waals surface area contributed by atoms with Crippen molar-refractivity contribution >= 4 is 5.97 Å². The van der Waals surface area contributed by atoms with Gasteiger partial charge in [-0.3, -0.25) is 4.79 Å². The highest BCUT2D eigenvalue weighted by molar-refractivity contribution is 5.73. The third-order valence-corrected chi connectivity index (χ3v) is 2.13. The predicted octanol–water partition coefficient (Wildman–Crippen LogP) is 1.81. The molecule has 0 amide bonds. The maximum atomic E-state index is 10.0. The lowest BCUT2D eigenvalue weighted by molar-refractivity contribution is -0.139. The van der Waals surface area contributed by atoms with Gasteiger partial charge in [-0.1, -0.05) is 44.2 Å². The van der Waals surface area contributed by atoms with Crippen LogP contribution in [0.5, 0.6) is 0 Å². The van der Waals surface area contributed by atoms with E-state index < -0.39 is 12.0 Å². The van der Waals surface area contributed by atoms with Crippen LogP contribution >= 0.6 is 0 Å². The van der Waals surface area contributed by atoms with Crippen molar-refractivity contribution in [3.63, 3.8) is 0 Å². The summed E-state index contributed by atoms with van der Waals surface area (Å²) in [4.78, 5) is 10.0. The van der Waals surface area contributed by atoms with E-state index in [2.05, 4.69) is 6.07 Å². The lowest BCUT2D eigenvalue weighted by atomic mass is 10.1. The first kappa shape index (κ1) is 15.1. The molecule has 4 nitrogen and oxygen atoms in total. The molecule has 0 bridgehead atoms. The highest BCUT2D eigenvalue weighted by Crippen LogP contribution is 1.97. The van der Waals surface area contributed by atoms with Crippen molar-refractivity contribution in [2.45, 2.75) is 26.3 Å². The number of nitrogens with zero attached hydrogens (tertiary/aromatic N) is 1. The summed E-state index contributed by atoms with van der Waals surface area (Å²) in [7, 11) is 0. The minimum Gasteiger partial charge on any atom is -0.480 e. The Kier molecular flexibility index (Phi) is 7.40. The number of nitrogens with two attached hydrogens (primary N) is 1. The second-order valence-corrected chi connectivity index (χ2v) is 3.93. The van der Waals surface area contributed by atoms with Gasteiger partial charge in [0.05, 0.1) is 12.5 Å². The zero-order chi connectivity index (χ0) is 13.3. The zero-order valence-corrected chi connectivity index (χ0v) is 10.1. The number of carboxylic acids is 1. The summed E-state index contributed by atoms with van der Waals surface area (Å²) in [6.07, 6.45) is 0.515. The first-order chi connectivity index (χ1) is 7.99.